The van der Waals surface area contributed by atoms with Crippen LogP contribution in [0.5, 0.6) is 0 Å². The van der Waals surface area contributed by atoms with E-state index in [1.807, 2.05) is 0 Å². The van der Waals surface area contributed by atoms with Gasteiger partial charge in [0.05, 0.1) is 12.6 Å². The molecule has 1 unspecified atom stereocenters. The molecule has 0 amide bonds. The van der Waals surface area contributed by atoms with Gasteiger partial charge in [0.1, 0.15) is 0 Å². The van der Waals surface area contributed by atoms with Gasteiger partial charge < -0.3 is 27.3 Å². The Labute approximate surface area is 203 Å². The van der Waals surface area contributed by atoms with Crippen molar-refractivity contribution in [2.45, 2.75) is 85.5 Å². The largest absolute Gasteiger partial charge is 2.00 e. The molecule has 0 aromatic carbocycles. The monoisotopic (exact) mass is 542 g/mol. The maximum Gasteiger partial charge on any atom is 2.00 e. The molecule has 0 aliphatic heterocycles. The van der Waals surface area contributed by atoms with Crippen LogP contribution in [0.2, 0.25) is 0 Å². The van der Waals surface area contributed by atoms with Crippen molar-refractivity contribution >= 4 is 61.1 Å². The summed E-state index contributed by atoms with van der Waals surface area (Å²) in [5.74, 6) is -0.475. The van der Waals surface area contributed by atoms with E-state index in [0.717, 1.165) is 25.7 Å². The third-order valence-corrected chi connectivity index (χ3v) is 3.63. The standard InChI is InChI=1S/C11H22O2S.2C4H9.C2H4O2S.Sn/c1-3-5-6-10(4-2)9-13-11(12)7-8-14;2*1-3-4-2;3-2(4)1-5;/h10,14H,3-9H2,1-2H3;2*1,3-4H2,2H3;5H,1H2,(H,3,4);/q;;;;+2/p-2. The number of esters is 1. The summed E-state index contributed by atoms with van der Waals surface area (Å²) < 4.78 is 5.13. The van der Waals surface area contributed by atoms with Gasteiger partial charge in [0.15, 0.2) is 0 Å². The number of hydrogen-bond donors (Lipinski definition) is 1. The summed E-state index contributed by atoms with van der Waals surface area (Å²) in [6.45, 7) is 16.3. The number of ether oxygens (including phenoxy) is 1. The number of carbonyl (C=O) groups is 2. The average Bonchev–Trinajstić information content (AvgIpc) is 2.69. The van der Waals surface area contributed by atoms with Crippen molar-refractivity contribution < 1.29 is 19.4 Å². The number of thiol groups is 1. The van der Waals surface area contributed by atoms with E-state index in [9.17, 15) is 14.7 Å². The molecule has 0 aliphatic rings. The molecule has 1 atom stereocenters. The Balaban J connectivity index is -0.000000104. The van der Waals surface area contributed by atoms with Crippen LogP contribution in [0, 0.1) is 19.8 Å². The van der Waals surface area contributed by atoms with Gasteiger partial charge in [-0.15, -0.1) is 0 Å². The van der Waals surface area contributed by atoms with Crippen molar-refractivity contribution in [2.24, 2.45) is 5.92 Å². The van der Waals surface area contributed by atoms with Crippen molar-refractivity contribution in [2.75, 3.05) is 18.1 Å². The third kappa shape index (κ3) is 50.3. The van der Waals surface area contributed by atoms with Crippen molar-refractivity contribution in [1.82, 2.24) is 0 Å². The van der Waals surface area contributed by atoms with Gasteiger partial charge in [-0.05, 0) is 12.3 Å². The van der Waals surface area contributed by atoms with Gasteiger partial charge in [-0.25, -0.2) is 0 Å². The first kappa shape index (κ1) is 39.0. The molecule has 0 aliphatic carbocycles. The average molecular weight is 541 g/mol. The van der Waals surface area contributed by atoms with E-state index in [-0.39, 0.29) is 35.6 Å². The Morgan fingerprint density at radius 1 is 1.07 bits per heavy atom. The Kier molecular flexibility index (Phi) is 53.0. The van der Waals surface area contributed by atoms with E-state index < -0.39 is 5.97 Å². The normalized spacial score (nSPS) is 9.71. The zero-order chi connectivity index (χ0) is 21.9. The molecule has 0 heterocycles. The molecule has 0 spiro atoms. The quantitative estimate of drug-likeness (QED) is 0.184. The summed E-state index contributed by atoms with van der Waals surface area (Å²) in [6.07, 6.45) is 9.60. The zero-order valence-electron chi connectivity index (χ0n) is 18.5. The van der Waals surface area contributed by atoms with Crippen LogP contribution < -0.4 is 5.11 Å². The van der Waals surface area contributed by atoms with Gasteiger partial charge >= 0.3 is 29.9 Å². The summed E-state index contributed by atoms with van der Waals surface area (Å²) in [7, 11) is 0. The van der Waals surface area contributed by atoms with Crippen LogP contribution in [0.3, 0.4) is 0 Å². The second-order valence-corrected chi connectivity index (χ2v) is 6.52. The Morgan fingerprint density at radius 2 is 1.50 bits per heavy atom. The number of rotatable bonds is 11. The van der Waals surface area contributed by atoms with Gasteiger partial charge in [0.25, 0.3) is 0 Å². The minimum absolute atomic E-state index is 0. The Hall–Kier alpha value is 0.439. The summed E-state index contributed by atoms with van der Waals surface area (Å²) >= 11 is 8.06. The number of carboxylic acid groups (broad SMARTS) is 1. The molecule has 0 saturated heterocycles. The second-order valence-electron chi connectivity index (χ2n) is 5.79. The maximum absolute atomic E-state index is 11.0. The molecule has 0 aromatic rings. The Morgan fingerprint density at radius 3 is 1.75 bits per heavy atom. The molecule has 4 nitrogen and oxygen atoms in total. The van der Waals surface area contributed by atoms with Crippen LogP contribution in [0.1, 0.15) is 85.5 Å². The van der Waals surface area contributed by atoms with Gasteiger partial charge in [0, 0.05) is 12.2 Å². The second kappa shape index (κ2) is 38.1. The topological polar surface area (TPSA) is 66.4 Å². The van der Waals surface area contributed by atoms with Gasteiger partial charge in [-0.2, -0.15) is 18.4 Å². The molecular weight excluding hydrogens is 499 g/mol. The van der Waals surface area contributed by atoms with E-state index in [0.29, 0.717) is 24.7 Å². The maximum atomic E-state index is 11.0. The molecule has 0 N–H and O–H groups in total. The van der Waals surface area contributed by atoms with E-state index in [2.05, 4.69) is 54.2 Å². The summed E-state index contributed by atoms with van der Waals surface area (Å²) in [5, 5.41) is 9.18. The molecule has 0 saturated carbocycles. The van der Waals surface area contributed by atoms with E-state index in [1.165, 1.54) is 25.7 Å². The first-order chi connectivity index (χ1) is 12.8. The summed E-state index contributed by atoms with van der Waals surface area (Å²) in [5.41, 5.74) is 0. The number of carbonyl (C=O) groups excluding carboxylic acids is 2. The van der Waals surface area contributed by atoms with Crippen LogP contribution in [0.4, 0.5) is 0 Å². The third-order valence-electron chi connectivity index (χ3n) is 3.17. The van der Waals surface area contributed by atoms with Crippen LogP contribution in [0.25, 0.3) is 0 Å². The van der Waals surface area contributed by atoms with E-state index in [4.69, 9.17) is 17.4 Å². The van der Waals surface area contributed by atoms with Crippen LogP contribution in [0.15, 0.2) is 0 Å². The van der Waals surface area contributed by atoms with Crippen LogP contribution in [-0.4, -0.2) is 54.0 Å². The predicted molar refractivity (Wildman–Crippen MR) is 126 cm³/mol. The molecule has 0 rings (SSSR count). The fraction of sp³-hybridized carbons (Fsp3) is 0.810. The minimum Gasteiger partial charge on any atom is -0.792 e. The predicted octanol–water partition coefficient (Wildman–Crippen LogP) is 4.21. The summed E-state index contributed by atoms with van der Waals surface area (Å²) in [4.78, 5) is 20.2. The van der Waals surface area contributed by atoms with Crippen LogP contribution in [-0.2, 0) is 27.0 Å². The van der Waals surface area contributed by atoms with Crippen molar-refractivity contribution in [3.63, 3.8) is 0 Å². The summed E-state index contributed by atoms with van der Waals surface area (Å²) in [6, 6.07) is 0. The molecule has 166 valence electrons. The minimum atomic E-state index is -1.13. The van der Waals surface area contributed by atoms with Gasteiger partial charge in [-0.3, -0.25) is 4.79 Å². The van der Waals surface area contributed by atoms with E-state index in [1.54, 1.807) is 0 Å². The first-order valence-corrected chi connectivity index (χ1v) is 11.2. The fourth-order valence-corrected chi connectivity index (χ4v) is 1.43. The molecule has 0 fully saturated rings. The van der Waals surface area contributed by atoms with Crippen molar-refractivity contribution in [3.05, 3.63) is 13.8 Å². The SMILES string of the molecule is CCCCC(CC)COC(=O)CC[S-].O=C([O-])CS.[CH2]CCC.[CH2]CCC.[Sn+2]. The molecule has 7 heteroatoms. The van der Waals surface area contributed by atoms with E-state index >= 15 is 0 Å². The van der Waals surface area contributed by atoms with Gasteiger partial charge in [0.2, 0.25) is 0 Å². The Bertz CT molecular complexity index is 286. The molecule has 4 radical (unpaired) electrons. The van der Waals surface area contributed by atoms with Crippen LogP contribution >= 0.6 is 12.6 Å². The van der Waals surface area contributed by atoms with Gasteiger partial charge in [-0.1, -0.05) is 86.5 Å². The molecule has 28 heavy (non-hydrogen) atoms. The number of aliphatic carboxylic acids is 1. The molecule has 0 aromatic heterocycles. The molecule has 0 bridgehead atoms. The molecular formula is C21H42O4S2Sn. The first-order valence-electron chi connectivity index (χ1n) is 9.97. The zero-order valence-corrected chi connectivity index (χ0v) is 23.0. The number of hydrogen-bond acceptors (Lipinski definition) is 6. The van der Waals surface area contributed by atoms with Crippen molar-refractivity contribution in [1.29, 1.82) is 0 Å². The fourth-order valence-electron chi connectivity index (χ4n) is 1.26. The smallest absolute Gasteiger partial charge is 0.792 e. The number of carboxylic acids is 1. The van der Waals surface area contributed by atoms with Crippen molar-refractivity contribution in [3.8, 4) is 0 Å². The number of unbranched alkanes of at least 4 members (excludes halogenated alkanes) is 3.